The summed E-state index contributed by atoms with van der Waals surface area (Å²) in [5, 5.41) is 0. The second kappa shape index (κ2) is 9.72. The Morgan fingerprint density at radius 2 is 1.56 bits per heavy atom. The van der Waals surface area contributed by atoms with Crippen molar-refractivity contribution >= 4 is 12.0 Å². The summed E-state index contributed by atoms with van der Waals surface area (Å²) in [4.78, 5) is 12.5. The van der Waals surface area contributed by atoms with Crippen LogP contribution in [0.15, 0.2) is 35.9 Å². The Kier molecular flexibility index (Phi) is 6.99. The molecule has 5 aliphatic carbocycles. The Hall–Kier alpha value is -1.57. The average molecular weight is 559 g/mol. The molecule has 0 bridgehead atoms. The number of esters is 1. The first-order valence-corrected chi connectivity index (χ1v) is 17.1. The van der Waals surface area contributed by atoms with Gasteiger partial charge in [-0.25, -0.2) is 0 Å². The number of carbonyl (C=O) groups excluding carboxylic acids is 1. The second-order valence-corrected chi connectivity index (χ2v) is 17.4. The maximum absolute atomic E-state index is 12.5. The Balaban J connectivity index is 1.41. The van der Waals surface area contributed by atoms with Crippen molar-refractivity contribution in [2.45, 2.75) is 126 Å². The highest BCUT2D eigenvalue weighted by molar-refractivity contribution is 5.67. The standard InChI is InChI=1S/C39H58O2/c1-25(2)29-17-19-36(6)21-22-38(8)30(33(29)36)15-16-32-37(7)24-28(23-27-13-11-10-12-14-27)34(41-26(3)40)35(4,5)31(37)18-20-39(32,38)9/h10-14,23,25,29-34H,15-22,24H2,1-9H3/b28-23-/t29-,30+,31-,32-,33+,34+,36+,37-,38+,39-/m0/s1. The van der Waals surface area contributed by atoms with Gasteiger partial charge in [0.2, 0.25) is 0 Å². The summed E-state index contributed by atoms with van der Waals surface area (Å²) < 4.78 is 6.24. The van der Waals surface area contributed by atoms with Gasteiger partial charge in [-0.05, 0) is 126 Å². The molecular weight excluding hydrogens is 500 g/mol. The summed E-state index contributed by atoms with van der Waals surface area (Å²) in [5.74, 6) is 4.56. The molecule has 41 heavy (non-hydrogen) atoms. The molecule has 0 radical (unpaired) electrons. The molecule has 1 aromatic rings. The van der Waals surface area contributed by atoms with Gasteiger partial charge in [0.15, 0.2) is 0 Å². The number of rotatable bonds is 3. The Morgan fingerprint density at radius 1 is 0.854 bits per heavy atom. The fourth-order valence-electron chi connectivity index (χ4n) is 13.1. The number of ether oxygens (including phenoxy) is 1. The fraction of sp³-hybridized carbons (Fsp3) is 0.769. The van der Waals surface area contributed by atoms with Crippen LogP contribution in [-0.2, 0) is 9.53 Å². The molecule has 0 aromatic heterocycles. The molecule has 2 heteroatoms. The first kappa shape index (κ1) is 29.5. The number of benzene rings is 1. The van der Waals surface area contributed by atoms with Crippen molar-refractivity contribution in [3.05, 3.63) is 41.5 Å². The monoisotopic (exact) mass is 558 g/mol. The smallest absolute Gasteiger partial charge is 0.303 e. The van der Waals surface area contributed by atoms with Gasteiger partial charge < -0.3 is 4.74 Å². The maximum Gasteiger partial charge on any atom is 0.303 e. The summed E-state index contributed by atoms with van der Waals surface area (Å²) in [6.07, 6.45) is 14.4. The average Bonchev–Trinajstić information content (AvgIpc) is 3.25. The molecule has 0 amide bonds. The molecule has 0 unspecified atom stereocenters. The quantitative estimate of drug-likeness (QED) is 0.345. The molecule has 1 aromatic carbocycles. The predicted molar refractivity (Wildman–Crippen MR) is 170 cm³/mol. The van der Waals surface area contributed by atoms with E-state index in [0.29, 0.717) is 28.1 Å². The third-order valence-corrected chi connectivity index (χ3v) is 15.0. The topological polar surface area (TPSA) is 26.3 Å². The highest BCUT2D eigenvalue weighted by atomic mass is 16.5. The van der Waals surface area contributed by atoms with E-state index in [1.54, 1.807) is 6.92 Å². The van der Waals surface area contributed by atoms with Gasteiger partial charge in [-0.1, -0.05) is 91.8 Å². The van der Waals surface area contributed by atoms with Crippen molar-refractivity contribution < 1.29 is 9.53 Å². The van der Waals surface area contributed by atoms with Crippen LogP contribution in [0, 0.1) is 62.6 Å². The van der Waals surface area contributed by atoms with E-state index in [0.717, 1.165) is 30.1 Å². The minimum atomic E-state index is -0.157. The molecule has 0 heterocycles. The highest BCUT2D eigenvalue weighted by Gasteiger charge is 2.71. The normalized spacial score (nSPS) is 47.7. The van der Waals surface area contributed by atoms with Crippen LogP contribution in [0.3, 0.4) is 0 Å². The lowest BCUT2D eigenvalue weighted by Gasteiger charge is -2.73. The summed E-state index contributed by atoms with van der Waals surface area (Å²) in [7, 11) is 0. The molecule has 6 rings (SSSR count). The Bertz CT molecular complexity index is 1200. The van der Waals surface area contributed by atoms with E-state index < -0.39 is 0 Å². The van der Waals surface area contributed by atoms with Crippen molar-refractivity contribution in [1.29, 1.82) is 0 Å². The lowest BCUT2D eigenvalue weighted by Crippen LogP contribution is -2.67. The van der Waals surface area contributed by atoms with E-state index >= 15 is 0 Å². The molecule has 5 saturated carbocycles. The van der Waals surface area contributed by atoms with Crippen LogP contribution >= 0.6 is 0 Å². The largest absolute Gasteiger partial charge is 0.457 e. The first-order chi connectivity index (χ1) is 19.2. The lowest BCUT2D eigenvalue weighted by molar-refractivity contribution is -0.242. The van der Waals surface area contributed by atoms with Crippen molar-refractivity contribution in [2.75, 3.05) is 0 Å². The third kappa shape index (κ3) is 4.18. The molecule has 2 nitrogen and oxygen atoms in total. The summed E-state index contributed by atoms with van der Waals surface area (Å²) >= 11 is 0. The van der Waals surface area contributed by atoms with Gasteiger partial charge in [0, 0.05) is 12.3 Å². The lowest BCUT2D eigenvalue weighted by atomic mass is 9.32. The summed E-state index contributed by atoms with van der Waals surface area (Å²) in [6.45, 7) is 22.3. The fourth-order valence-corrected chi connectivity index (χ4v) is 13.1. The van der Waals surface area contributed by atoms with Gasteiger partial charge in [0.05, 0.1) is 0 Å². The minimum absolute atomic E-state index is 0.0995. The molecule has 0 aliphatic heterocycles. The summed E-state index contributed by atoms with van der Waals surface area (Å²) in [5.41, 5.74) is 3.98. The van der Waals surface area contributed by atoms with Crippen molar-refractivity contribution in [1.82, 2.24) is 0 Å². The molecule has 0 saturated heterocycles. The zero-order valence-corrected chi connectivity index (χ0v) is 27.7. The molecule has 5 fully saturated rings. The van der Waals surface area contributed by atoms with E-state index in [9.17, 15) is 4.79 Å². The zero-order chi connectivity index (χ0) is 29.6. The number of carbonyl (C=O) groups is 1. The Labute approximate surface area is 251 Å². The summed E-state index contributed by atoms with van der Waals surface area (Å²) in [6, 6.07) is 10.7. The van der Waals surface area contributed by atoms with Gasteiger partial charge in [-0.2, -0.15) is 0 Å². The SMILES string of the molecule is CC(=O)O[C@@H]1/C(=C\c2ccccc2)C[C@@]2(C)[C@@H](CC[C@@]3(C)[C@H]2CC[C@@H]2[C@H]4[C@H](C(C)C)CC[C@]4(C)CC[C@]23C)C1(C)C. The zero-order valence-electron chi connectivity index (χ0n) is 27.7. The van der Waals surface area contributed by atoms with Crippen molar-refractivity contribution in [3.8, 4) is 0 Å². The van der Waals surface area contributed by atoms with Crippen LogP contribution in [0.5, 0.6) is 0 Å². The van der Waals surface area contributed by atoms with Crippen molar-refractivity contribution in [2.24, 2.45) is 62.6 Å². The molecule has 0 N–H and O–H groups in total. The van der Waals surface area contributed by atoms with Gasteiger partial charge in [-0.3, -0.25) is 4.79 Å². The van der Waals surface area contributed by atoms with Gasteiger partial charge in [0.25, 0.3) is 0 Å². The maximum atomic E-state index is 12.5. The minimum Gasteiger partial charge on any atom is -0.457 e. The second-order valence-electron chi connectivity index (χ2n) is 17.4. The molecule has 226 valence electrons. The van der Waals surface area contributed by atoms with E-state index in [-0.39, 0.29) is 22.9 Å². The van der Waals surface area contributed by atoms with Gasteiger partial charge in [-0.15, -0.1) is 0 Å². The van der Waals surface area contributed by atoms with E-state index in [2.05, 4.69) is 91.8 Å². The van der Waals surface area contributed by atoms with E-state index in [1.807, 2.05) is 0 Å². The van der Waals surface area contributed by atoms with E-state index in [4.69, 9.17) is 4.74 Å². The van der Waals surface area contributed by atoms with Gasteiger partial charge in [0.1, 0.15) is 6.10 Å². The molecule has 10 atom stereocenters. The highest BCUT2D eigenvalue weighted by Crippen LogP contribution is 2.77. The molecular formula is C39H58O2. The number of fused-ring (bicyclic) bond motifs is 7. The Morgan fingerprint density at radius 3 is 2.22 bits per heavy atom. The van der Waals surface area contributed by atoms with Crippen LogP contribution in [0.4, 0.5) is 0 Å². The number of hydrogen-bond donors (Lipinski definition) is 0. The molecule has 5 aliphatic rings. The van der Waals surface area contributed by atoms with Crippen LogP contribution in [0.1, 0.15) is 126 Å². The predicted octanol–water partition coefficient (Wildman–Crippen LogP) is 10.4. The van der Waals surface area contributed by atoms with E-state index in [1.165, 1.54) is 62.5 Å². The van der Waals surface area contributed by atoms with Crippen LogP contribution in [-0.4, -0.2) is 12.1 Å². The van der Waals surface area contributed by atoms with Crippen LogP contribution < -0.4 is 0 Å². The first-order valence-electron chi connectivity index (χ1n) is 17.1. The number of hydrogen-bond acceptors (Lipinski definition) is 2. The molecule has 0 spiro atoms. The van der Waals surface area contributed by atoms with Crippen LogP contribution in [0.25, 0.3) is 6.08 Å². The van der Waals surface area contributed by atoms with Crippen LogP contribution in [0.2, 0.25) is 0 Å². The third-order valence-electron chi connectivity index (χ3n) is 15.0. The van der Waals surface area contributed by atoms with Crippen molar-refractivity contribution in [3.63, 3.8) is 0 Å². The van der Waals surface area contributed by atoms with Gasteiger partial charge >= 0.3 is 5.97 Å².